The number of carbonyl (C=O) groups is 4. The fourth-order valence-corrected chi connectivity index (χ4v) is 15.5. The van der Waals surface area contributed by atoms with Crippen molar-refractivity contribution in [1.29, 1.82) is 0 Å². The van der Waals surface area contributed by atoms with E-state index in [9.17, 15) is 36.7 Å². The van der Waals surface area contributed by atoms with Crippen molar-refractivity contribution in [1.82, 2.24) is 49.5 Å². The third-order valence-electron chi connectivity index (χ3n) is 21.9. The Kier molecular flexibility index (Phi) is 19.3. The highest BCUT2D eigenvalue weighted by Gasteiger charge is 2.52. The molecule has 0 radical (unpaired) electrons. The molecule has 4 aromatic carbocycles. The van der Waals surface area contributed by atoms with Gasteiger partial charge < -0.3 is 50.0 Å². The number of hydrogen-bond acceptors (Lipinski definition) is 12. The molecule has 14 rings (SSSR count). The van der Waals surface area contributed by atoms with Crippen LogP contribution < -0.4 is 31.1 Å². The smallest absolute Gasteiger partial charge is 0.258 e. The third-order valence-corrected chi connectivity index (χ3v) is 21.9. The van der Waals surface area contributed by atoms with E-state index in [4.69, 9.17) is 19.9 Å². The number of fused-ring (bicyclic) bond motifs is 4. The van der Waals surface area contributed by atoms with Crippen molar-refractivity contribution >= 4 is 80.1 Å². The fraction of sp³-hybridized carbons (Fsp3) is 0.487. The van der Waals surface area contributed by atoms with Gasteiger partial charge in [0.1, 0.15) is 11.0 Å². The number of imidazole rings is 2. The van der Waals surface area contributed by atoms with Crippen LogP contribution >= 0.6 is 0 Å². The van der Waals surface area contributed by atoms with Crippen LogP contribution in [0.4, 0.5) is 51.9 Å². The monoisotopic (exact) mass is 1370 g/mol. The topological polar surface area (TPSA) is 191 Å². The summed E-state index contributed by atoms with van der Waals surface area (Å²) in [5.41, 5.74) is 12.1. The van der Waals surface area contributed by atoms with E-state index in [-0.39, 0.29) is 36.0 Å². The first-order chi connectivity index (χ1) is 47.7. The molecule has 4 aromatic heterocycles. The quantitative estimate of drug-likeness (QED) is 0.0596. The average molecular weight is 1370 g/mol. The Bertz CT molecular complexity index is 4160. The normalized spacial score (nSPS) is 21.1. The predicted molar refractivity (Wildman–Crippen MR) is 387 cm³/mol. The Balaban J connectivity index is 0.000000179. The van der Waals surface area contributed by atoms with Crippen LogP contribution in [-0.2, 0) is 20.4 Å². The number of pyridine rings is 2. The molecule has 4 N–H and O–H groups in total. The molecule has 0 bridgehead atoms. The SMILES string of the molecule is Cc1ccc(Nc2nc(-c3ccc4c(c3)N(C3CC(N5CCCCC5)C3)C(=O)C4(C)C)cc3ncn(C(C)C)c23)cc1C(=O)N[C@@H](C)C(F)F.Cc1ccc(Nc2nc(-c3ccc4c(c3)N(C3CC(N5CCCCC5)C3)C(=O)C4(C)C)cc3ncn(C(C)C)c23)cc1C(=O)N[C@H](C)C(F)F. The number of benzene rings is 4. The molecular weight excluding hydrogens is 1270 g/mol. The van der Waals surface area contributed by atoms with Crippen LogP contribution in [0.5, 0.6) is 0 Å². The van der Waals surface area contributed by atoms with Crippen molar-refractivity contribution < 1.29 is 36.7 Å². The number of hydrogen-bond donors (Lipinski definition) is 4. The second kappa shape index (κ2) is 27.6. The minimum Gasteiger partial charge on any atom is -0.344 e. The number of piperidine rings is 2. The molecule has 22 heteroatoms. The molecule has 2 aliphatic carbocycles. The standard InChI is InChI=1S/2C39H47F2N7O2/c2*1-22(2)47-21-42-32-20-31(45-36(34(32)47)44-26-12-10-23(3)29(17-26)37(49)43-24(4)35(40)41)25-11-13-30-33(16-25)48(38(50)39(30,5)6)28-18-27(19-28)46-14-8-7-9-15-46/h2*10-13,16-17,20-22,24,27-28,35H,7-9,14-15,18-19H2,1-6H3,(H,43,49)(H,44,45)/t2*24-,27?,28?/m10/s1. The summed E-state index contributed by atoms with van der Waals surface area (Å²) in [7, 11) is 0. The lowest BCUT2D eigenvalue weighted by Crippen LogP contribution is -2.57. The van der Waals surface area contributed by atoms with Gasteiger partial charge in [-0.25, -0.2) is 37.5 Å². The summed E-state index contributed by atoms with van der Waals surface area (Å²) in [6.07, 6.45) is 9.88. The zero-order chi connectivity index (χ0) is 71.0. The molecule has 2 atom stereocenters. The zero-order valence-corrected chi connectivity index (χ0v) is 59.5. The van der Waals surface area contributed by atoms with Crippen molar-refractivity contribution in [2.24, 2.45) is 0 Å². The number of amides is 4. The number of alkyl halides is 4. The Labute approximate surface area is 583 Å². The Morgan fingerprint density at radius 3 is 1.21 bits per heavy atom. The molecule has 4 aliphatic heterocycles. The molecule has 6 aliphatic rings. The van der Waals surface area contributed by atoms with E-state index in [1.165, 1.54) is 52.4 Å². The first-order valence-electron chi connectivity index (χ1n) is 35.8. The maximum atomic E-state index is 13.9. The zero-order valence-electron chi connectivity index (χ0n) is 59.5. The molecule has 8 aromatic rings. The van der Waals surface area contributed by atoms with Crippen molar-refractivity contribution in [3.63, 3.8) is 0 Å². The largest absolute Gasteiger partial charge is 0.344 e. The van der Waals surface area contributed by atoms with Gasteiger partial charge in [0.25, 0.3) is 24.7 Å². The van der Waals surface area contributed by atoms with E-state index in [0.29, 0.717) is 68.7 Å². The highest BCUT2D eigenvalue weighted by Crippen LogP contribution is 2.50. The summed E-state index contributed by atoms with van der Waals surface area (Å²) in [6, 6.07) is 26.0. The summed E-state index contributed by atoms with van der Waals surface area (Å²) >= 11 is 0. The minimum atomic E-state index is -2.67. The van der Waals surface area contributed by atoms with Gasteiger partial charge in [0, 0.05) is 81.3 Å². The van der Waals surface area contributed by atoms with Crippen LogP contribution in [0.1, 0.15) is 188 Å². The van der Waals surface area contributed by atoms with Crippen molar-refractivity contribution in [3.05, 3.63) is 131 Å². The molecule has 2 saturated heterocycles. The van der Waals surface area contributed by atoms with E-state index in [2.05, 4.69) is 92.8 Å². The molecule has 18 nitrogen and oxygen atoms in total. The van der Waals surface area contributed by atoms with Gasteiger partial charge in [-0.1, -0.05) is 49.2 Å². The van der Waals surface area contributed by atoms with Crippen LogP contribution in [0.2, 0.25) is 0 Å². The highest BCUT2D eigenvalue weighted by molar-refractivity contribution is 6.10. The van der Waals surface area contributed by atoms with Crippen molar-refractivity contribution in [3.8, 4) is 22.5 Å². The fourth-order valence-electron chi connectivity index (χ4n) is 15.5. The van der Waals surface area contributed by atoms with Gasteiger partial charge in [-0.05, 0) is 231 Å². The molecule has 0 spiro atoms. The Morgan fingerprint density at radius 1 is 0.490 bits per heavy atom. The number of carbonyl (C=O) groups excluding carboxylic acids is 4. The lowest BCUT2D eigenvalue weighted by Gasteiger charge is -2.48. The second-order valence-electron chi connectivity index (χ2n) is 30.3. The molecule has 528 valence electrons. The predicted octanol–water partition coefficient (Wildman–Crippen LogP) is 15.5. The molecule has 2 saturated carbocycles. The number of nitrogens with zero attached hydrogens (tertiary/aromatic N) is 10. The first-order valence-corrected chi connectivity index (χ1v) is 35.8. The summed E-state index contributed by atoms with van der Waals surface area (Å²) in [4.78, 5) is 82.9. The van der Waals surface area contributed by atoms with E-state index in [1.807, 2.05) is 73.2 Å². The molecular formula is C78H94F4N14O4. The molecule has 8 heterocycles. The Morgan fingerprint density at radius 2 is 0.860 bits per heavy atom. The highest BCUT2D eigenvalue weighted by atomic mass is 19.3. The first kappa shape index (κ1) is 69.7. The van der Waals surface area contributed by atoms with Gasteiger partial charge in [0.05, 0.1) is 58.0 Å². The second-order valence-corrected chi connectivity index (χ2v) is 30.3. The third kappa shape index (κ3) is 13.2. The van der Waals surface area contributed by atoms with E-state index >= 15 is 0 Å². The number of anilines is 6. The summed E-state index contributed by atoms with van der Waals surface area (Å²) in [5.74, 6) is 0.276. The van der Waals surface area contributed by atoms with E-state index < -0.39 is 47.6 Å². The summed E-state index contributed by atoms with van der Waals surface area (Å²) in [5, 5.41) is 11.6. The molecule has 100 heavy (non-hydrogen) atoms. The molecule has 4 amide bonds. The summed E-state index contributed by atoms with van der Waals surface area (Å²) < 4.78 is 56.9. The minimum absolute atomic E-state index is 0.0985. The Hall–Kier alpha value is -8.76. The van der Waals surface area contributed by atoms with Gasteiger partial charge in [0.15, 0.2) is 11.6 Å². The lowest BCUT2D eigenvalue weighted by molar-refractivity contribution is -0.124. The van der Waals surface area contributed by atoms with Crippen LogP contribution in [-0.4, -0.2) is 138 Å². The van der Waals surface area contributed by atoms with E-state index in [1.54, 1.807) is 50.8 Å². The van der Waals surface area contributed by atoms with Crippen LogP contribution in [0, 0.1) is 13.8 Å². The maximum absolute atomic E-state index is 13.9. The number of nitrogens with one attached hydrogen (secondary N) is 4. The van der Waals surface area contributed by atoms with Gasteiger partial charge >= 0.3 is 0 Å². The van der Waals surface area contributed by atoms with Gasteiger partial charge in [0.2, 0.25) is 11.8 Å². The number of aromatic nitrogens is 6. The van der Waals surface area contributed by atoms with Crippen molar-refractivity contribution in [2.75, 3.05) is 46.6 Å². The van der Waals surface area contributed by atoms with Gasteiger partial charge in [-0.3, -0.25) is 19.2 Å². The number of likely N-dealkylation sites (tertiary alicyclic amines) is 2. The summed E-state index contributed by atoms with van der Waals surface area (Å²) in [6.45, 7) is 27.1. The number of rotatable bonds is 18. The molecule has 4 fully saturated rings. The van der Waals surface area contributed by atoms with Crippen LogP contribution in [0.3, 0.4) is 0 Å². The lowest BCUT2D eigenvalue weighted by atomic mass is 9.82. The number of halogens is 4. The van der Waals surface area contributed by atoms with E-state index in [0.717, 1.165) is 108 Å². The van der Waals surface area contributed by atoms with Crippen LogP contribution in [0.25, 0.3) is 44.6 Å². The van der Waals surface area contributed by atoms with Gasteiger partial charge in [-0.2, -0.15) is 0 Å². The maximum Gasteiger partial charge on any atom is 0.258 e. The van der Waals surface area contributed by atoms with Crippen molar-refractivity contribution in [2.45, 2.75) is 219 Å². The number of aryl methyl sites for hydroxylation is 2. The molecule has 0 unspecified atom stereocenters. The average Bonchev–Trinajstić information content (AvgIpc) is 1.57. The van der Waals surface area contributed by atoms with Gasteiger partial charge in [-0.15, -0.1) is 0 Å². The van der Waals surface area contributed by atoms with Crippen LogP contribution in [0.15, 0.2) is 97.6 Å².